The van der Waals surface area contributed by atoms with Gasteiger partial charge in [0.25, 0.3) is 0 Å². The van der Waals surface area contributed by atoms with Gasteiger partial charge in [0.15, 0.2) is 0 Å². The van der Waals surface area contributed by atoms with Crippen molar-refractivity contribution in [3.63, 3.8) is 0 Å². The Bertz CT molecular complexity index is 151. The van der Waals surface area contributed by atoms with Crippen LogP contribution in [0.15, 0.2) is 12.2 Å². The molecule has 0 atom stereocenters. The van der Waals surface area contributed by atoms with Crippen molar-refractivity contribution in [1.29, 1.82) is 0 Å². The summed E-state index contributed by atoms with van der Waals surface area (Å²) >= 11 is 0. The molecule has 3 nitrogen and oxygen atoms in total. The first-order chi connectivity index (χ1) is 5.72. The van der Waals surface area contributed by atoms with Crippen molar-refractivity contribution in [2.75, 3.05) is 46.4 Å². The summed E-state index contributed by atoms with van der Waals surface area (Å²) in [6.07, 6.45) is 0. The van der Waals surface area contributed by atoms with Crippen molar-refractivity contribution in [2.24, 2.45) is 0 Å². The maximum absolute atomic E-state index is 8.78. The van der Waals surface area contributed by atoms with Gasteiger partial charge in [-0.15, -0.1) is 0 Å². The van der Waals surface area contributed by atoms with E-state index in [-0.39, 0.29) is 6.61 Å². The number of aliphatic hydroxyl groups is 1. The minimum absolute atomic E-state index is 0.117. The summed E-state index contributed by atoms with van der Waals surface area (Å²) < 4.78 is 0. The summed E-state index contributed by atoms with van der Waals surface area (Å²) in [5.41, 5.74) is 0.916. The third-order valence-electron chi connectivity index (χ3n) is 2.27. The molecule has 0 saturated carbocycles. The normalized spacial score (nSPS) is 21.2. The second-order valence-corrected chi connectivity index (χ2v) is 3.49. The van der Waals surface area contributed by atoms with Crippen molar-refractivity contribution in [1.82, 2.24) is 9.80 Å². The van der Waals surface area contributed by atoms with Crippen molar-refractivity contribution in [3.8, 4) is 0 Å². The summed E-state index contributed by atoms with van der Waals surface area (Å²) in [6.45, 7) is 9.18. The molecule has 0 aromatic rings. The van der Waals surface area contributed by atoms with E-state index < -0.39 is 0 Å². The number of rotatable bonds is 3. The summed E-state index contributed by atoms with van der Waals surface area (Å²) in [5.74, 6) is 0. The summed E-state index contributed by atoms with van der Waals surface area (Å²) in [5, 5.41) is 8.78. The number of nitrogens with zero attached hydrogens (tertiary/aromatic N) is 2. The molecule has 0 bridgehead atoms. The maximum Gasteiger partial charge on any atom is 0.0651 e. The maximum atomic E-state index is 8.78. The van der Waals surface area contributed by atoms with Gasteiger partial charge in [0.2, 0.25) is 0 Å². The van der Waals surface area contributed by atoms with Gasteiger partial charge in [-0.1, -0.05) is 6.58 Å². The van der Waals surface area contributed by atoms with E-state index in [4.69, 9.17) is 5.11 Å². The molecule has 1 saturated heterocycles. The number of hydrogen-bond acceptors (Lipinski definition) is 3. The molecule has 12 heavy (non-hydrogen) atoms. The zero-order chi connectivity index (χ0) is 8.97. The molecule has 0 spiro atoms. The average Bonchev–Trinajstić information content (AvgIpc) is 2.09. The van der Waals surface area contributed by atoms with Gasteiger partial charge in [0.05, 0.1) is 6.61 Å². The Hall–Kier alpha value is -0.380. The van der Waals surface area contributed by atoms with Gasteiger partial charge < -0.3 is 10.0 Å². The Kier molecular flexibility index (Phi) is 3.72. The van der Waals surface area contributed by atoms with Crippen LogP contribution in [0.1, 0.15) is 0 Å². The van der Waals surface area contributed by atoms with Gasteiger partial charge in [-0.25, -0.2) is 0 Å². The molecule has 1 fully saturated rings. The molecule has 1 rings (SSSR count). The van der Waals surface area contributed by atoms with Crippen LogP contribution in [0, 0.1) is 0 Å². The van der Waals surface area contributed by atoms with E-state index in [0.717, 1.165) is 38.3 Å². The highest BCUT2D eigenvalue weighted by Gasteiger charge is 2.13. The third kappa shape index (κ3) is 2.93. The Balaban J connectivity index is 2.21. The van der Waals surface area contributed by atoms with E-state index in [1.807, 2.05) is 0 Å². The van der Waals surface area contributed by atoms with E-state index >= 15 is 0 Å². The van der Waals surface area contributed by atoms with Crippen LogP contribution in [0.25, 0.3) is 0 Å². The minimum atomic E-state index is 0.117. The lowest BCUT2D eigenvalue weighted by molar-refractivity contribution is 0.159. The quantitative estimate of drug-likeness (QED) is 0.593. The van der Waals surface area contributed by atoms with Crippen LogP contribution >= 0.6 is 0 Å². The molecule has 0 unspecified atom stereocenters. The molecule has 0 aliphatic carbocycles. The van der Waals surface area contributed by atoms with Gasteiger partial charge in [-0.3, -0.25) is 4.90 Å². The highest BCUT2D eigenvalue weighted by Crippen LogP contribution is 2.01. The summed E-state index contributed by atoms with van der Waals surface area (Å²) in [6, 6.07) is 0. The predicted octanol–water partition coefficient (Wildman–Crippen LogP) is -0.218. The standard InChI is InChI=1S/C9H18N2O/c1-9(8-12)7-11-5-3-10(2)4-6-11/h12H,1,3-8H2,2H3. The second kappa shape index (κ2) is 4.60. The fraction of sp³-hybridized carbons (Fsp3) is 0.778. The van der Waals surface area contributed by atoms with Crippen LogP contribution in [0.5, 0.6) is 0 Å². The molecule has 0 aromatic carbocycles. The fourth-order valence-electron chi connectivity index (χ4n) is 1.37. The van der Waals surface area contributed by atoms with Gasteiger partial charge in [0.1, 0.15) is 0 Å². The van der Waals surface area contributed by atoms with E-state index in [9.17, 15) is 0 Å². The van der Waals surface area contributed by atoms with E-state index in [1.165, 1.54) is 0 Å². The highest BCUT2D eigenvalue weighted by molar-refractivity contribution is 4.97. The van der Waals surface area contributed by atoms with Crippen LogP contribution < -0.4 is 0 Å². The number of hydrogen-bond donors (Lipinski definition) is 1. The molecule has 1 heterocycles. The fourth-order valence-corrected chi connectivity index (χ4v) is 1.37. The van der Waals surface area contributed by atoms with Crippen LogP contribution in [-0.4, -0.2) is 61.3 Å². The lowest BCUT2D eigenvalue weighted by Crippen LogP contribution is -2.45. The number of aliphatic hydroxyl groups excluding tert-OH is 1. The predicted molar refractivity (Wildman–Crippen MR) is 50.2 cm³/mol. The topological polar surface area (TPSA) is 26.7 Å². The zero-order valence-corrected chi connectivity index (χ0v) is 7.79. The smallest absolute Gasteiger partial charge is 0.0651 e. The Labute approximate surface area is 74.3 Å². The first-order valence-corrected chi connectivity index (χ1v) is 4.41. The average molecular weight is 170 g/mol. The minimum Gasteiger partial charge on any atom is -0.392 e. The van der Waals surface area contributed by atoms with Crippen molar-refractivity contribution in [2.45, 2.75) is 0 Å². The van der Waals surface area contributed by atoms with Crippen LogP contribution in [0.3, 0.4) is 0 Å². The third-order valence-corrected chi connectivity index (χ3v) is 2.27. The molecule has 0 radical (unpaired) electrons. The van der Waals surface area contributed by atoms with Crippen molar-refractivity contribution >= 4 is 0 Å². The van der Waals surface area contributed by atoms with Crippen molar-refractivity contribution in [3.05, 3.63) is 12.2 Å². The van der Waals surface area contributed by atoms with Crippen LogP contribution in [-0.2, 0) is 0 Å². The molecular formula is C9H18N2O. The Morgan fingerprint density at radius 3 is 2.42 bits per heavy atom. The molecular weight excluding hydrogens is 152 g/mol. The van der Waals surface area contributed by atoms with E-state index in [1.54, 1.807) is 0 Å². The van der Waals surface area contributed by atoms with Crippen LogP contribution in [0.2, 0.25) is 0 Å². The zero-order valence-electron chi connectivity index (χ0n) is 7.79. The Morgan fingerprint density at radius 1 is 1.33 bits per heavy atom. The SMILES string of the molecule is C=C(CO)CN1CCN(C)CC1. The van der Waals surface area contributed by atoms with Gasteiger partial charge in [-0.2, -0.15) is 0 Å². The summed E-state index contributed by atoms with van der Waals surface area (Å²) in [4.78, 5) is 4.65. The van der Waals surface area contributed by atoms with E-state index in [2.05, 4.69) is 23.4 Å². The Morgan fingerprint density at radius 2 is 1.92 bits per heavy atom. The van der Waals surface area contributed by atoms with Crippen molar-refractivity contribution < 1.29 is 5.11 Å². The highest BCUT2D eigenvalue weighted by atomic mass is 16.3. The van der Waals surface area contributed by atoms with Gasteiger partial charge >= 0.3 is 0 Å². The molecule has 0 amide bonds. The molecule has 0 aromatic heterocycles. The van der Waals surface area contributed by atoms with Gasteiger partial charge in [0, 0.05) is 32.7 Å². The lowest BCUT2D eigenvalue weighted by Gasteiger charge is -2.32. The first-order valence-electron chi connectivity index (χ1n) is 4.41. The first kappa shape index (κ1) is 9.71. The number of piperazine rings is 1. The number of likely N-dealkylation sites (N-methyl/N-ethyl adjacent to an activating group) is 1. The molecule has 1 aliphatic heterocycles. The lowest BCUT2D eigenvalue weighted by atomic mass is 10.2. The largest absolute Gasteiger partial charge is 0.392 e. The molecule has 3 heteroatoms. The molecule has 1 aliphatic rings. The van der Waals surface area contributed by atoms with E-state index in [0.29, 0.717) is 0 Å². The van der Waals surface area contributed by atoms with Crippen LogP contribution in [0.4, 0.5) is 0 Å². The van der Waals surface area contributed by atoms with Gasteiger partial charge in [-0.05, 0) is 12.6 Å². The summed E-state index contributed by atoms with van der Waals surface area (Å²) in [7, 11) is 2.14. The second-order valence-electron chi connectivity index (χ2n) is 3.49. The molecule has 70 valence electrons. The molecule has 1 N–H and O–H groups in total. The monoisotopic (exact) mass is 170 g/mol.